The van der Waals surface area contributed by atoms with Crippen LogP contribution in [0.4, 0.5) is 18.7 Å². The van der Waals surface area contributed by atoms with Gasteiger partial charge in [-0.3, -0.25) is 19.9 Å². The van der Waals surface area contributed by atoms with Crippen LogP contribution in [0.5, 0.6) is 0 Å². The van der Waals surface area contributed by atoms with Gasteiger partial charge in [0, 0.05) is 42.5 Å². The molecule has 3 N–H and O–H groups in total. The van der Waals surface area contributed by atoms with Crippen molar-refractivity contribution in [1.82, 2.24) is 20.2 Å². The standard InChI is InChI=1S/C28H25F2N5O4S.Li.H/c1-2-31-27(39)34-28-33-23-21(30)18(13-19(24(23)40-28)22-20(29)6-3-11-32-22)15-7-9-16(10-8-15)25(36)35-12-4-5-17(14-35)26(37)38;;/h3,6-11,13,17H,2,4-5,12,14H2,1H3,(H,37,38)(H2,31,33,34,39);;. The molecular formula is C28H26F2LiN5O4S. The molecular weight excluding hydrogens is 547 g/mol. The van der Waals surface area contributed by atoms with E-state index in [2.05, 4.69) is 20.6 Å². The van der Waals surface area contributed by atoms with Gasteiger partial charge in [0.25, 0.3) is 5.91 Å². The Kier molecular flexibility index (Phi) is 9.38. The quantitative estimate of drug-likeness (QED) is 0.287. The summed E-state index contributed by atoms with van der Waals surface area (Å²) in [5.41, 5.74) is 1.13. The molecule has 0 radical (unpaired) electrons. The van der Waals surface area contributed by atoms with E-state index in [9.17, 15) is 23.9 Å². The van der Waals surface area contributed by atoms with Gasteiger partial charge < -0.3 is 15.3 Å². The Hall–Kier alpha value is -3.85. The number of nitrogens with one attached hydrogen (secondary N) is 2. The molecule has 5 rings (SSSR count). The van der Waals surface area contributed by atoms with Crippen molar-refractivity contribution in [3.63, 3.8) is 0 Å². The SMILES string of the molecule is CCNC(=O)Nc1nc2c(F)c(-c3ccc(C(=O)N4CCCC(C(=O)O)C4)cc3)cc(-c3ncccc3F)c2s1.[LiH]. The van der Waals surface area contributed by atoms with E-state index in [0.29, 0.717) is 47.3 Å². The zero-order chi connectivity index (χ0) is 28.4. The van der Waals surface area contributed by atoms with Gasteiger partial charge >= 0.3 is 30.9 Å². The first-order valence-corrected chi connectivity index (χ1v) is 13.5. The molecule has 9 nitrogen and oxygen atoms in total. The molecule has 13 heteroatoms. The average molecular weight is 574 g/mol. The predicted octanol–water partition coefficient (Wildman–Crippen LogP) is 4.73. The predicted molar refractivity (Wildman–Crippen MR) is 154 cm³/mol. The number of carboxylic acids is 1. The van der Waals surface area contributed by atoms with Gasteiger partial charge in [-0.15, -0.1) is 0 Å². The summed E-state index contributed by atoms with van der Waals surface area (Å²) in [4.78, 5) is 46.4. The van der Waals surface area contributed by atoms with E-state index in [-0.39, 0.29) is 53.2 Å². The number of urea groups is 1. The molecule has 0 saturated carbocycles. The number of likely N-dealkylation sites (tertiary alicyclic amines) is 1. The number of aromatic nitrogens is 2. The number of thiazole rings is 1. The van der Waals surface area contributed by atoms with E-state index < -0.39 is 29.6 Å². The number of anilines is 1. The number of aliphatic carboxylic acids is 1. The van der Waals surface area contributed by atoms with Gasteiger partial charge in [0.05, 0.1) is 10.6 Å². The molecule has 0 spiro atoms. The summed E-state index contributed by atoms with van der Waals surface area (Å²) in [5, 5.41) is 14.6. The number of hydrogen-bond donors (Lipinski definition) is 3. The number of halogens is 2. The molecule has 3 amide bonds. The molecule has 1 fully saturated rings. The van der Waals surface area contributed by atoms with Crippen LogP contribution < -0.4 is 10.6 Å². The molecule has 2 aromatic carbocycles. The molecule has 1 aliphatic rings. The summed E-state index contributed by atoms with van der Waals surface area (Å²) in [7, 11) is 0. The first-order chi connectivity index (χ1) is 19.3. The number of hydrogen-bond acceptors (Lipinski definition) is 6. The van der Waals surface area contributed by atoms with Crippen LogP contribution in [0, 0.1) is 17.6 Å². The van der Waals surface area contributed by atoms with E-state index in [0.717, 1.165) is 11.3 Å². The Labute approximate surface area is 250 Å². The third-order valence-corrected chi connectivity index (χ3v) is 7.68. The Morgan fingerprint density at radius 2 is 1.90 bits per heavy atom. The van der Waals surface area contributed by atoms with Crippen LogP contribution in [-0.2, 0) is 4.79 Å². The van der Waals surface area contributed by atoms with E-state index in [4.69, 9.17) is 0 Å². The van der Waals surface area contributed by atoms with Gasteiger partial charge in [0.2, 0.25) is 0 Å². The van der Waals surface area contributed by atoms with Crippen LogP contribution in [0.1, 0.15) is 30.1 Å². The second-order valence-corrected chi connectivity index (χ2v) is 10.3. The number of carboxylic acid groups (broad SMARTS) is 1. The van der Waals surface area contributed by atoms with Crippen molar-refractivity contribution in [3.05, 3.63) is 65.9 Å². The van der Waals surface area contributed by atoms with E-state index in [1.165, 1.54) is 29.3 Å². The molecule has 1 unspecified atom stereocenters. The van der Waals surface area contributed by atoms with Gasteiger partial charge in [-0.1, -0.05) is 23.5 Å². The van der Waals surface area contributed by atoms with E-state index in [1.54, 1.807) is 31.2 Å². The number of carbonyl (C=O) groups is 3. The zero-order valence-electron chi connectivity index (χ0n) is 21.4. The Balaban J connectivity index is 0.00000387. The maximum atomic E-state index is 15.9. The minimum absolute atomic E-state index is 0. The number of carbonyl (C=O) groups excluding carboxylic acids is 2. The normalized spacial score (nSPS) is 14.8. The molecule has 2 aromatic heterocycles. The van der Waals surface area contributed by atoms with Crippen LogP contribution in [0.15, 0.2) is 48.7 Å². The first kappa shape index (κ1) is 30.1. The second-order valence-electron chi connectivity index (χ2n) is 9.31. The van der Waals surface area contributed by atoms with Crippen LogP contribution in [0.3, 0.4) is 0 Å². The molecule has 0 aliphatic carbocycles. The zero-order valence-corrected chi connectivity index (χ0v) is 22.2. The topological polar surface area (TPSA) is 125 Å². The van der Waals surface area contributed by atoms with Crippen LogP contribution in [0.25, 0.3) is 32.6 Å². The fourth-order valence-corrected chi connectivity index (χ4v) is 5.69. The number of rotatable bonds is 6. The average Bonchev–Trinajstić information content (AvgIpc) is 3.38. The molecule has 4 aromatic rings. The summed E-state index contributed by atoms with van der Waals surface area (Å²) in [6, 6.07) is 9.94. The second kappa shape index (κ2) is 12.8. The number of amides is 3. The maximum absolute atomic E-state index is 15.9. The summed E-state index contributed by atoms with van der Waals surface area (Å²) in [6.07, 6.45) is 2.55. The number of piperidine rings is 1. The van der Waals surface area contributed by atoms with Gasteiger partial charge in [0.1, 0.15) is 17.0 Å². The summed E-state index contributed by atoms with van der Waals surface area (Å²) in [6.45, 7) is 2.74. The monoisotopic (exact) mass is 573 g/mol. The molecule has 41 heavy (non-hydrogen) atoms. The fraction of sp³-hybridized carbons (Fsp3) is 0.250. The van der Waals surface area contributed by atoms with E-state index >= 15 is 4.39 Å². The molecule has 208 valence electrons. The summed E-state index contributed by atoms with van der Waals surface area (Å²) >= 11 is 1.00. The van der Waals surface area contributed by atoms with Crippen LogP contribution in [-0.4, -0.2) is 76.4 Å². The van der Waals surface area contributed by atoms with Gasteiger partial charge in [-0.05, 0) is 55.7 Å². The van der Waals surface area contributed by atoms with Gasteiger partial charge in [-0.2, -0.15) is 0 Å². The Morgan fingerprint density at radius 1 is 1.15 bits per heavy atom. The molecule has 1 atom stereocenters. The van der Waals surface area contributed by atoms with Gasteiger partial charge in [-0.25, -0.2) is 18.6 Å². The number of fused-ring (bicyclic) bond motifs is 1. The first-order valence-electron chi connectivity index (χ1n) is 12.7. The van der Waals surface area contributed by atoms with Crippen LogP contribution >= 0.6 is 11.3 Å². The Morgan fingerprint density at radius 3 is 2.59 bits per heavy atom. The summed E-state index contributed by atoms with van der Waals surface area (Å²) < 4.78 is 31.0. The van der Waals surface area contributed by atoms with Crippen molar-refractivity contribution in [3.8, 4) is 22.4 Å². The van der Waals surface area contributed by atoms with Crippen molar-refractivity contribution in [2.75, 3.05) is 25.0 Å². The number of pyridine rings is 1. The van der Waals surface area contributed by atoms with Crippen molar-refractivity contribution in [2.24, 2.45) is 5.92 Å². The van der Waals surface area contributed by atoms with Crippen molar-refractivity contribution in [2.45, 2.75) is 19.8 Å². The molecule has 1 aliphatic heterocycles. The van der Waals surface area contributed by atoms with Gasteiger partial charge in [0.15, 0.2) is 10.9 Å². The van der Waals surface area contributed by atoms with E-state index in [1.807, 2.05) is 0 Å². The fourth-order valence-electron chi connectivity index (χ4n) is 4.72. The minimum atomic E-state index is -0.926. The molecule has 0 bridgehead atoms. The van der Waals surface area contributed by atoms with Crippen molar-refractivity contribution < 1.29 is 28.3 Å². The third kappa shape index (κ3) is 6.25. The van der Waals surface area contributed by atoms with Crippen molar-refractivity contribution in [1.29, 1.82) is 0 Å². The molecule has 1 saturated heterocycles. The Bertz CT molecular complexity index is 1620. The summed E-state index contributed by atoms with van der Waals surface area (Å²) in [5.74, 6) is -3.10. The third-order valence-electron chi connectivity index (χ3n) is 6.68. The number of benzene rings is 2. The number of nitrogens with zero attached hydrogens (tertiary/aromatic N) is 3. The van der Waals surface area contributed by atoms with Crippen molar-refractivity contribution >= 4 is 63.5 Å². The molecule has 3 heterocycles. The van der Waals surface area contributed by atoms with Crippen LogP contribution in [0.2, 0.25) is 0 Å².